The fraction of sp³-hybridized carbons (Fsp3) is 0.429. The van der Waals surface area contributed by atoms with Crippen LogP contribution in [0, 0.1) is 6.92 Å². The van der Waals surface area contributed by atoms with Crippen LogP contribution < -0.4 is 20.1 Å². The number of aryl methyl sites for hydroxylation is 1. The van der Waals surface area contributed by atoms with E-state index in [2.05, 4.69) is 25.3 Å². The SMILES string of the molecule is CN=C(NCCNS(=O)(=O)c1cccnc1)NCc1ccc(C)cc1OCCCOC.I. The fourth-order valence-corrected chi connectivity index (χ4v) is 3.68. The Morgan fingerprint density at radius 3 is 2.66 bits per heavy atom. The second-order valence-electron chi connectivity index (χ2n) is 6.75. The normalized spacial score (nSPS) is 11.5. The predicted octanol–water partition coefficient (Wildman–Crippen LogP) is 2.07. The van der Waals surface area contributed by atoms with Gasteiger partial charge in [-0.1, -0.05) is 12.1 Å². The van der Waals surface area contributed by atoms with Crippen molar-refractivity contribution in [1.82, 2.24) is 20.3 Å². The van der Waals surface area contributed by atoms with E-state index in [0.29, 0.717) is 32.3 Å². The Hall–Kier alpha value is -1.96. The summed E-state index contributed by atoms with van der Waals surface area (Å²) in [7, 11) is -0.251. The molecule has 32 heavy (non-hydrogen) atoms. The number of nitrogens with zero attached hydrogens (tertiary/aromatic N) is 2. The highest BCUT2D eigenvalue weighted by Crippen LogP contribution is 2.20. The number of guanidine groups is 1. The number of sulfonamides is 1. The fourth-order valence-electron chi connectivity index (χ4n) is 2.68. The van der Waals surface area contributed by atoms with Crippen LogP contribution in [0.4, 0.5) is 0 Å². The second kappa shape index (κ2) is 15.0. The minimum atomic E-state index is -3.58. The molecule has 3 N–H and O–H groups in total. The molecule has 1 heterocycles. The maximum Gasteiger partial charge on any atom is 0.242 e. The van der Waals surface area contributed by atoms with Gasteiger partial charge in [-0.3, -0.25) is 9.98 Å². The Morgan fingerprint density at radius 1 is 1.16 bits per heavy atom. The Bertz CT molecular complexity index is 942. The lowest BCUT2D eigenvalue weighted by Gasteiger charge is -2.16. The van der Waals surface area contributed by atoms with Crippen molar-refractivity contribution in [1.29, 1.82) is 0 Å². The second-order valence-corrected chi connectivity index (χ2v) is 8.51. The quantitative estimate of drug-likeness (QED) is 0.153. The first-order valence-electron chi connectivity index (χ1n) is 10.0. The van der Waals surface area contributed by atoms with E-state index >= 15 is 0 Å². The molecule has 0 amide bonds. The number of rotatable bonds is 12. The lowest BCUT2D eigenvalue weighted by Crippen LogP contribution is -2.41. The van der Waals surface area contributed by atoms with Gasteiger partial charge in [0.05, 0.1) is 6.61 Å². The molecule has 1 aromatic carbocycles. The van der Waals surface area contributed by atoms with Gasteiger partial charge >= 0.3 is 0 Å². The van der Waals surface area contributed by atoms with Crippen LogP contribution in [0.2, 0.25) is 0 Å². The third kappa shape index (κ3) is 9.67. The van der Waals surface area contributed by atoms with Gasteiger partial charge in [0.15, 0.2) is 5.96 Å². The maximum atomic E-state index is 12.2. The van der Waals surface area contributed by atoms with E-state index < -0.39 is 10.0 Å². The molecule has 178 valence electrons. The molecule has 0 aliphatic rings. The molecule has 0 radical (unpaired) electrons. The Labute approximate surface area is 207 Å². The number of aliphatic imine (C=N–C) groups is 1. The van der Waals surface area contributed by atoms with Crippen LogP contribution in [0.1, 0.15) is 17.5 Å². The van der Waals surface area contributed by atoms with E-state index in [1.807, 2.05) is 25.1 Å². The van der Waals surface area contributed by atoms with Crippen LogP contribution in [0.25, 0.3) is 0 Å². The molecule has 0 spiro atoms. The molecule has 0 saturated heterocycles. The summed E-state index contributed by atoms with van der Waals surface area (Å²) in [5, 5.41) is 6.32. The summed E-state index contributed by atoms with van der Waals surface area (Å²) in [6, 6.07) is 9.14. The van der Waals surface area contributed by atoms with E-state index in [1.165, 1.54) is 18.5 Å². The number of halogens is 1. The van der Waals surface area contributed by atoms with Crippen molar-refractivity contribution in [2.45, 2.75) is 24.8 Å². The van der Waals surface area contributed by atoms with Crippen LogP contribution in [0.3, 0.4) is 0 Å². The Kier molecular flexibility index (Phi) is 13.1. The summed E-state index contributed by atoms with van der Waals surface area (Å²) in [5.41, 5.74) is 2.12. The van der Waals surface area contributed by atoms with Crippen LogP contribution >= 0.6 is 24.0 Å². The first-order chi connectivity index (χ1) is 15.0. The van der Waals surface area contributed by atoms with Gasteiger partial charge < -0.3 is 20.1 Å². The summed E-state index contributed by atoms with van der Waals surface area (Å²) in [6.45, 7) is 4.34. The topological polar surface area (TPSA) is 114 Å². The van der Waals surface area contributed by atoms with E-state index in [1.54, 1.807) is 20.2 Å². The third-order valence-corrected chi connectivity index (χ3v) is 5.74. The van der Waals surface area contributed by atoms with Gasteiger partial charge in [-0.25, -0.2) is 13.1 Å². The number of hydrogen-bond donors (Lipinski definition) is 3. The summed E-state index contributed by atoms with van der Waals surface area (Å²) < 4.78 is 37.9. The summed E-state index contributed by atoms with van der Waals surface area (Å²) in [6.07, 6.45) is 3.66. The number of pyridine rings is 1. The smallest absolute Gasteiger partial charge is 0.242 e. The standard InChI is InChI=1S/C21H31N5O4S.HI/c1-17-7-8-18(20(14-17)30-13-5-12-29-3)15-25-21(22-2)24-10-11-26-31(27,28)19-6-4-9-23-16-19;/h4,6-9,14,16,26H,5,10-13,15H2,1-3H3,(H2,22,24,25);1H. The molecular weight excluding hydrogens is 545 g/mol. The minimum Gasteiger partial charge on any atom is -0.493 e. The predicted molar refractivity (Wildman–Crippen MR) is 136 cm³/mol. The molecule has 0 aliphatic carbocycles. The van der Waals surface area contributed by atoms with Crippen molar-refractivity contribution in [2.75, 3.05) is 40.5 Å². The molecule has 0 saturated carbocycles. The van der Waals surface area contributed by atoms with E-state index in [9.17, 15) is 8.42 Å². The van der Waals surface area contributed by atoms with Crippen molar-refractivity contribution in [3.05, 3.63) is 53.9 Å². The molecular formula is C21H32IN5O4S. The van der Waals surface area contributed by atoms with Crippen LogP contribution in [-0.4, -0.2) is 59.8 Å². The number of ether oxygens (including phenoxy) is 2. The molecule has 11 heteroatoms. The number of hydrogen-bond acceptors (Lipinski definition) is 6. The summed E-state index contributed by atoms with van der Waals surface area (Å²) in [5.74, 6) is 1.38. The van der Waals surface area contributed by atoms with E-state index in [0.717, 1.165) is 23.3 Å². The van der Waals surface area contributed by atoms with Crippen LogP contribution in [0.15, 0.2) is 52.6 Å². The van der Waals surface area contributed by atoms with Crippen molar-refractivity contribution in [3.63, 3.8) is 0 Å². The zero-order valence-corrected chi connectivity index (χ0v) is 21.8. The third-order valence-electron chi connectivity index (χ3n) is 4.30. The molecule has 0 unspecified atom stereocenters. The first kappa shape index (κ1) is 28.1. The lowest BCUT2D eigenvalue weighted by molar-refractivity contribution is 0.171. The van der Waals surface area contributed by atoms with Crippen LogP contribution in [0.5, 0.6) is 5.75 Å². The van der Waals surface area contributed by atoms with E-state index in [-0.39, 0.29) is 35.4 Å². The van der Waals surface area contributed by atoms with Gasteiger partial charge in [0.25, 0.3) is 0 Å². The molecule has 0 atom stereocenters. The molecule has 0 fully saturated rings. The highest BCUT2D eigenvalue weighted by molar-refractivity contribution is 14.0. The highest BCUT2D eigenvalue weighted by atomic mass is 127. The average Bonchev–Trinajstić information content (AvgIpc) is 2.78. The monoisotopic (exact) mass is 577 g/mol. The van der Waals surface area contributed by atoms with Gasteiger partial charge in [-0.05, 0) is 30.7 Å². The minimum absolute atomic E-state index is 0. The molecule has 0 aliphatic heterocycles. The molecule has 9 nitrogen and oxygen atoms in total. The van der Waals surface area contributed by atoms with Crippen molar-refractivity contribution < 1.29 is 17.9 Å². The van der Waals surface area contributed by atoms with Crippen molar-refractivity contribution in [2.24, 2.45) is 4.99 Å². The summed E-state index contributed by atoms with van der Waals surface area (Å²) >= 11 is 0. The van der Waals surface area contributed by atoms with Gasteiger partial charge in [0.2, 0.25) is 10.0 Å². The largest absolute Gasteiger partial charge is 0.493 e. The molecule has 2 aromatic rings. The Morgan fingerprint density at radius 2 is 1.97 bits per heavy atom. The zero-order chi connectivity index (χ0) is 22.5. The summed E-state index contributed by atoms with van der Waals surface area (Å²) in [4.78, 5) is 8.15. The maximum absolute atomic E-state index is 12.2. The highest BCUT2D eigenvalue weighted by Gasteiger charge is 2.13. The molecule has 1 aromatic heterocycles. The number of benzene rings is 1. The van der Waals surface area contributed by atoms with Crippen molar-refractivity contribution in [3.8, 4) is 5.75 Å². The van der Waals surface area contributed by atoms with Crippen molar-refractivity contribution >= 4 is 40.0 Å². The van der Waals surface area contributed by atoms with E-state index in [4.69, 9.17) is 9.47 Å². The Balaban J connectivity index is 0.00000512. The van der Waals surface area contributed by atoms with Crippen LogP contribution in [-0.2, 0) is 21.3 Å². The number of nitrogens with one attached hydrogen (secondary N) is 3. The number of aromatic nitrogens is 1. The van der Waals surface area contributed by atoms with Gasteiger partial charge in [-0.15, -0.1) is 24.0 Å². The molecule has 0 bridgehead atoms. The first-order valence-corrected chi connectivity index (χ1v) is 11.5. The average molecular weight is 577 g/mol. The van der Waals surface area contributed by atoms with Gasteiger partial charge in [0.1, 0.15) is 10.6 Å². The lowest BCUT2D eigenvalue weighted by atomic mass is 10.1. The number of methoxy groups -OCH3 is 1. The van der Waals surface area contributed by atoms with Gasteiger partial charge in [-0.2, -0.15) is 0 Å². The molecule has 2 rings (SSSR count). The van der Waals surface area contributed by atoms with Gasteiger partial charge in [0, 0.05) is 64.8 Å². The zero-order valence-electron chi connectivity index (χ0n) is 18.6.